The van der Waals surface area contributed by atoms with Crippen molar-refractivity contribution in [3.8, 4) is 22.1 Å². The van der Waals surface area contributed by atoms with Gasteiger partial charge in [-0.2, -0.15) is 0 Å². The maximum atomic E-state index is 13.3. The number of aliphatic hydroxyl groups is 1. The smallest absolute Gasteiger partial charge is 0.296 e. The first-order valence-electron chi connectivity index (χ1n) is 11.3. The third-order valence-corrected chi connectivity index (χ3v) is 6.99. The lowest BCUT2D eigenvalue weighted by molar-refractivity contribution is 0.102. The van der Waals surface area contributed by atoms with Gasteiger partial charge in [-0.15, -0.1) is 5.10 Å². The lowest BCUT2D eigenvalue weighted by atomic mass is 9.88. The molecule has 0 unspecified atom stereocenters. The van der Waals surface area contributed by atoms with Crippen molar-refractivity contribution in [3.05, 3.63) is 41.0 Å². The summed E-state index contributed by atoms with van der Waals surface area (Å²) in [6.07, 6.45) is 6.89. The summed E-state index contributed by atoms with van der Waals surface area (Å²) < 4.78 is 11.5. The molecule has 10 heteroatoms. The lowest BCUT2D eigenvalue weighted by Crippen LogP contribution is -2.25. The van der Waals surface area contributed by atoms with Crippen molar-refractivity contribution in [2.24, 2.45) is 5.92 Å². The van der Waals surface area contributed by atoms with E-state index >= 15 is 0 Å². The van der Waals surface area contributed by atoms with Crippen LogP contribution in [0.5, 0.6) is 10.9 Å². The number of rotatable bonds is 7. The summed E-state index contributed by atoms with van der Waals surface area (Å²) in [5.74, 6) is 0.600. The molecule has 0 spiro atoms. The van der Waals surface area contributed by atoms with Gasteiger partial charge in [0.2, 0.25) is 5.13 Å². The number of amides is 1. The molecule has 1 saturated carbocycles. The zero-order valence-corrected chi connectivity index (χ0v) is 20.6. The molecular weight excluding hydrogens is 454 g/mol. The minimum absolute atomic E-state index is 0.0533. The number of anilines is 1. The third-order valence-electron chi connectivity index (χ3n) is 6.26. The maximum Gasteiger partial charge on any atom is 0.296 e. The number of aryl methyl sites for hydroxylation is 2. The van der Waals surface area contributed by atoms with Crippen LogP contribution in [0.3, 0.4) is 0 Å². The van der Waals surface area contributed by atoms with Crippen LogP contribution in [0.2, 0.25) is 0 Å². The second kappa shape index (κ2) is 10.4. The molecule has 1 fully saturated rings. The van der Waals surface area contributed by atoms with Gasteiger partial charge in [0.25, 0.3) is 11.1 Å². The highest BCUT2D eigenvalue weighted by atomic mass is 32.1. The highest BCUT2D eigenvalue weighted by molar-refractivity contribution is 7.17. The van der Waals surface area contributed by atoms with Crippen LogP contribution in [0, 0.1) is 26.7 Å². The average Bonchev–Trinajstić information content (AvgIpc) is 3.27. The van der Waals surface area contributed by atoms with Crippen molar-refractivity contribution in [1.29, 1.82) is 0 Å². The fraction of sp³-hybridized carbons (Fsp3) is 0.458. The van der Waals surface area contributed by atoms with Crippen LogP contribution in [0.4, 0.5) is 5.13 Å². The first-order valence-corrected chi connectivity index (χ1v) is 12.1. The van der Waals surface area contributed by atoms with Gasteiger partial charge >= 0.3 is 0 Å². The van der Waals surface area contributed by atoms with Crippen molar-refractivity contribution < 1.29 is 19.4 Å². The molecule has 4 rings (SSSR count). The van der Waals surface area contributed by atoms with Crippen LogP contribution in [-0.4, -0.2) is 51.0 Å². The summed E-state index contributed by atoms with van der Waals surface area (Å²) in [6.45, 7) is 5.98. The van der Waals surface area contributed by atoms with Gasteiger partial charge in [0.1, 0.15) is 11.9 Å². The maximum absolute atomic E-state index is 13.3. The molecule has 9 nitrogen and oxygen atoms in total. The first kappa shape index (κ1) is 24.0. The standard InChI is InChI=1S/C24H29N5O4S/c1-13-9-18(21-14(2)15(3)26-11-20(21)32-4)19(10-25-13)22(31)27-23-28-29-24(34-23)33-17-7-5-16(12-30)6-8-17/h9-11,16-17,30H,5-8,12H2,1-4H3,(H,27,28,31). The molecular formula is C24H29N5O4S. The van der Waals surface area contributed by atoms with Crippen molar-refractivity contribution in [2.45, 2.75) is 52.6 Å². The minimum atomic E-state index is -0.343. The monoisotopic (exact) mass is 483 g/mol. The van der Waals surface area contributed by atoms with Crippen molar-refractivity contribution in [2.75, 3.05) is 19.0 Å². The molecule has 180 valence electrons. The number of nitrogens with zero attached hydrogens (tertiary/aromatic N) is 4. The predicted octanol–water partition coefficient (Wildman–Crippen LogP) is 4.11. The zero-order chi connectivity index (χ0) is 24.2. The van der Waals surface area contributed by atoms with Crippen LogP contribution >= 0.6 is 11.3 Å². The SMILES string of the molecule is COc1cnc(C)c(C)c1-c1cc(C)ncc1C(=O)Nc1nnc(OC2CCC(CO)CC2)s1. The van der Waals surface area contributed by atoms with Gasteiger partial charge in [-0.05, 0) is 75.3 Å². The molecule has 3 aromatic heterocycles. The van der Waals surface area contributed by atoms with E-state index in [9.17, 15) is 9.90 Å². The summed E-state index contributed by atoms with van der Waals surface area (Å²) in [5.41, 5.74) is 4.50. The molecule has 0 bridgehead atoms. The van der Waals surface area contributed by atoms with Gasteiger partial charge in [0.05, 0.1) is 18.9 Å². The molecule has 2 N–H and O–H groups in total. The van der Waals surface area contributed by atoms with Crippen LogP contribution in [0.1, 0.15) is 53.0 Å². The predicted molar refractivity (Wildman–Crippen MR) is 130 cm³/mol. The van der Waals surface area contributed by atoms with Crippen molar-refractivity contribution >= 4 is 22.4 Å². The van der Waals surface area contributed by atoms with Gasteiger partial charge in [0.15, 0.2) is 0 Å². The average molecular weight is 484 g/mol. The number of methoxy groups -OCH3 is 1. The number of nitrogens with one attached hydrogen (secondary N) is 1. The summed E-state index contributed by atoms with van der Waals surface area (Å²) in [4.78, 5) is 22.0. The fourth-order valence-electron chi connectivity index (χ4n) is 4.17. The number of aliphatic hydroxyl groups excluding tert-OH is 1. The van der Waals surface area contributed by atoms with Gasteiger partial charge < -0.3 is 14.6 Å². The van der Waals surface area contributed by atoms with E-state index in [4.69, 9.17) is 9.47 Å². The molecule has 3 heterocycles. The highest BCUT2D eigenvalue weighted by Crippen LogP contribution is 2.37. The van der Waals surface area contributed by atoms with Gasteiger partial charge in [-0.25, -0.2) is 0 Å². The minimum Gasteiger partial charge on any atom is -0.494 e. The summed E-state index contributed by atoms with van der Waals surface area (Å²) in [6, 6.07) is 1.87. The Kier molecular flexibility index (Phi) is 7.38. The Bertz CT molecular complexity index is 1170. The number of hydrogen-bond donors (Lipinski definition) is 2. The Morgan fingerprint density at radius 2 is 1.91 bits per heavy atom. The quantitative estimate of drug-likeness (QED) is 0.515. The number of ether oxygens (including phenoxy) is 2. The van der Waals surface area contributed by atoms with Gasteiger partial charge in [-0.1, -0.05) is 5.10 Å². The van der Waals surface area contributed by atoms with Crippen LogP contribution in [0.15, 0.2) is 18.5 Å². The second-order valence-corrected chi connectivity index (χ2v) is 9.49. The summed E-state index contributed by atoms with van der Waals surface area (Å²) in [7, 11) is 1.59. The Morgan fingerprint density at radius 3 is 2.62 bits per heavy atom. The Hall–Kier alpha value is -3.11. The summed E-state index contributed by atoms with van der Waals surface area (Å²) in [5, 5.41) is 21.1. The lowest BCUT2D eigenvalue weighted by Gasteiger charge is -2.26. The molecule has 1 aliphatic carbocycles. The number of hydrogen-bond acceptors (Lipinski definition) is 9. The van der Waals surface area contributed by atoms with E-state index in [0.29, 0.717) is 33.1 Å². The van der Waals surface area contributed by atoms with Gasteiger partial charge in [0, 0.05) is 35.3 Å². The van der Waals surface area contributed by atoms with E-state index in [1.807, 2.05) is 26.8 Å². The Morgan fingerprint density at radius 1 is 1.15 bits per heavy atom. The largest absolute Gasteiger partial charge is 0.494 e. The molecule has 1 amide bonds. The molecule has 0 radical (unpaired) electrons. The molecule has 1 aliphatic rings. The molecule has 0 aliphatic heterocycles. The Labute approximate surface area is 202 Å². The van der Waals surface area contributed by atoms with Gasteiger partial charge in [-0.3, -0.25) is 20.1 Å². The third kappa shape index (κ3) is 5.18. The topological polar surface area (TPSA) is 119 Å². The normalized spacial score (nSPS) is 17.9. The van der Waals surface area contributed by atoms with E-state index in [0.717, 1.165) is 48.2 Å². The number of carbonyl (C=O) groups is 1. The molecule has 0 atom stereocenters. The molecule has 0 saturated heterocycles. The van der Waals surface area contributed by atoms with Crippen LogP contribution in [0.25, 0.3) is 11.1 Å². The molecule has 3 aromatic rings. The Balaban J connectivity index is 1.54. The fourth-order valence-corrected chi connectivity index (χ4v) is 4.82. The van der Waals surface area contributed by atoms with E-state index in [1.54, 1.807) is 19.5 Å². The highest BCUT2D eigenvalue weighted by Gasteiger charge is 2.24. The summed E-state index contributed by atoms with van der Waals surface area (Å²) >= 11 is 1.19. The van der Waals surface area contributed by atoms with E-state index in [-0.39, 0.29) is 18.6 Å². The van der Waals surface area contributed by atoms with Crippen LogP contribution < -0.4 is 14.8 Å². The van der Waals surface area contributed by atoms with Crippen molar-refractivity contribution in [1.82, 2.24) is 20.2 Å². The first-order chi connectivity index (χ1) is 16.4. The van der Waals surface area contributed by atoms with Crippen molar-refractivity contribution in [3.63, 3.8) is 0 Å². The number of pyridine rings is 2. The molecule has 34 heavy (non-hydrogen) atoms. The van der Waals surface area contributed by atoms with Crippen LogP contribution in [-0.2, 0) is 0 Å². The molecule has 0 aromatic carbocycles. The number of aromatic nitrogens is 4. The second-order valence-electron chi connectivity index (χ2n) is 8.55. The van der Waals surface area contributed by atoms with E-state index in [1.165, 1.54) is 11.3 Å². The zero-order valence-electron chi connectivity index (χ0n) is 19.8. The number of carbonyl (C=O) groups excluding carboxylic acids is 1. The van der Waals surface area contributed by atoms with E-state index < -0.39 is 0 Å². The van der Waals surface area contributed by atoms with E-state index in [2.05, 4.69) is 25.5 Å².